The second-order valence-corrected chi connectivity index (χ2v) is 9.39. The molecule has 1 saturated heterocycles. The topological polar surface area (TPSA) is 106 Å². The molecule has 0 spiro atoms. The van der Waals surface area contributed by atoms with Gasteiger partial charge in [-0.15, -0.1) is 0 Å². The van der Waals surface area contributed by atoms with Crippen LogP contribution in [0.4, 0.5) is 10.8 Å². The number of thiazole rings is 1. The average Bonchev–Trinajstić information content (AvgIpc) is 3.17. The minimum absolute atomic E-state index is 0.0228. The molecule has 4 rings (SSSR count). The summed E-state index contributed by atoms with van der Waals surface area (Å²) < 4.78 is 33.3. The van der Waals surface area contributed by atoms with Gasteiger partial charge in [-0.3, -0.25) is 10.1 Å². The lowest BCUT2D eigenvalue weighted by Gasteiger charge is -2.33. The third kappa shape index (κ3) is 3.63. The molecule has 0 aliphatic carbocycles. The van der Waals surface area contributed by atoms with Crippen molar-refractivity contribution in [1.82, 2.24) is 9.29 Å². The van der Waals surface area contributed by atoms with E-state index in [9.17, 15) is 18.5 Å². The molecule has 29 heavy (non-hydrogen) atoms. The maximum absolute atomic E-state index is 13.0. The molecule has 0 radical (unpaired) electrons. The maximum atomic E-state index is 13.0. The summed E-state index contributed by atoms with van der Waals surface area (Å²) in [6, 6.07) is 11.5. The van der Waals surface area contributed by atoms with Gasteiger partial charge in [-0.1, -0.05) is 23.5 Å². The van der Waals surface area contributed by atoms with Crippen molar-refractivity contribution in [2.24, 2.45) is 0 Å². The van der Waals surface area contributed by atoms with Gasteiger partial charge in [0.05, 0.1) is 27.1 Å². The second kappa shape index (κ2) is 7.58. The number of sulfonamides is 1. The van der Waals surface area contributed by atoms with Gasteiger partial charge in [0.2, 0.25) is 10.0 Å². The fourth-order valence-electron chi connectivity index (χ4n) is 3.24. The molecule has 2 heterocycles. The van der Waals surface area contributed by atoms with Crippen LogP contribution in [0.2, 0.25) is 0 Å². The van der Waals surface area contributed by atoms with Gasteiger partial charge < -0.3 is 9.64 Å². The molecule has 9 nitrogen and oxygen atoms in total. The van der Waals surface area contributed by atoms with Crippen LogP contribution in [0.5, 0.6) is 5.75 Å². The number of ether oxygens (including phenoxy) is 1. The summed E-state index contributed by atoms with van der Waals surface area (Å²) in [5.41, 5.74) is 0.551. The highest BCUT2D eigenvalue weighted by Crippen LogP contribution is 2.32. The summed E-state index contributed by atoms with van der Waals surface area (Å²) in [6.07, 6.45) is 0. The molecule has 0 saturated carbocycles. The SMILES string of the molecule is COc1ccc(S(=O)(=O)N2CCN(c3nc4ccccc4s3)CC2)cc1[N+](=O)[O-]. The van der Waals surface area contributed by atoms with Crippen molar-refractivity contribution in [3.05, 3.63) is 52.6 Å². The zero-order chi connectivity index (χ0) is 20.6. The Bertz CT molecular complexity index is 1140. The molecule has 2 aromatic carbocycles. The summed E-state index contributed by atoms with van der Waals surface area (Å²) in [4.78, 5) is 17.1. The van der Waals surface area contributed by atoms with Crippen LogP contribution in [0.25, 0.3) is 10.2 Å². The number of hydrogen-bond donors (Lipinski definition) is 0. The standard InChI is InChI=1S/C18H18N4O5S2/c1-27-16-7-6-13(12-15(16)22(23)24)29(25,26)21-10-8-20(9-11-21)18-19-14-4-2-3-5-17(14)28-18/h2-7,12H,8-11H2,1H3. The molecule has 0 N–H and O–H groups in total. The van der Waals surface area contributed by atoms with Crippen LogP contribution in [0.15, 0.2) is 47.4 Å². The Morgan fingerprint density at radius 1 is 1.14 bits per heavy atom. The number of benzene rings is 2. The van der Waals surface area contributed by atoms with E-state index < -0.39 is 14.9 Å². The van der Waals surface area contributed by atoms with Gasteiger partial charge in [-0.25, -0.2) is 13.4 Å². The van der Waals surface area contributed by atoms with Gasteiger partial charge in [-0.05, 0) is 24.3 Å². The third-order valence-corrected chi connectivity index (χ3v) is 7.77. The first-order chi connectivity index (χ1) is 13.9. The highest BCUT2D eigenvalue weighted by Gasteiger charge is 2.31. The number of nitrogens with zero attached hydrogens (tertiary/aromatic N) is 4. The zero-order valence-corrected chi connectivity index (χ0v) is 17.1. The quantitative estimate of drug-likeness (QED) is 0.449. The normalized spacial score (nSPS) is 15.6. The summed E-state index contributed by atoms with van der Waals surface area (Å²) in [5, 5.41) is 12.1. The van der Waals surface area contributed by atoms with Gasteiger partial charge in [0.25, 0.3) is 0 Å². The van der Waals surface area contributed by atoms with Crippen LogP contribution in [0, 0.1) is 10.1 Å². The molecular formula is C18H18N4O5S2. The molecule has 0 amide bonds. The van der Waals surface area contributed by atoms with Crippen molar-refractivity contribution in [2.45, 2.75) is 4.90 Å². The van der Waals surface area contributed by atoms with Crippen LogP contribution in [-0.2, 0) is 10.0 Å². The van der Waals surface area contributed by atoms with Crippen LogP contribution in [0.1, 0.15) is 0 Å². The molecule has 0 unspecified atom stereocenters. The molecule has 1 aliphatic rings. The van der Waals surface area contributed by atoms with Crippen LogP contribution >= 0.6 is 11.3 Å². The summed E-state index contributed by atoms with van der Waals surface area (Å²) in [5.74, 6) is 0.0228. The van der Waals surface area contributed by atoms with Crippen molar-refractivity contribution in [1.29, 1.82) is 0 Å². The number of anilines is 1. The number of methoxy groups -OCH3 is 1. The van der Waals surface area contributed by atoms with E-state index in [1.165, 1.54) is 23.5 Å². The third-order valence-electron chi connectivity index (χ3n) is 4.78. The number of piperazine rings is 1. The van der Waals surface area contributed by atoms with Gasteiger partial charge in [0.15, 0.2) is 10.9 Å². The van der Waals surface area contributed by atoms with Crippen molar-refractivity contribution in [2.75, 3.05) is 38.2 Å². The Morgan fingerprint density at radius 3 is 2.52 bits per heavy atom. The van der Waals surface area contributed by atoms with E-state index in [2.05, 4.69) is 9.88 Å². The van der Waals surface area contributed by atoms with E-state index in [1.54, 1.807) is 11.3 Å². The Balaban J connectivity index is 1.53. The molecule has 152 valence electrons. The highest BCUT2D eigenvalue weighted by molar-refractivity contribution is 7.89. The highest BCUT2D eigenvalue weighted by atomic mass is 32.2. The lowest BCUT2D eigenvalue weighted by Crippen LogP contribution is -2.48. The zero-order valence-electron chi connectivity index (χ0n) is 15.5. The number of nitro groups is 1. The molecule has 1 aliphatic heterocycles. The molecule has 11 heteroatoms. The van der Waals surface area contributed by atoms with E-state index in [0.717, 1.165) is 21.4 Å². The average molecular weight is 434 g/mol. The van der Waals surface area contributed by atoms with Crippen molar-refractivity contribution >= 4 is 42.4 Å². The molecular weight excluding hydrogens is 416 g/mol. The van der Waals surface area contributed by atoms with Crippen molar-refractivity contribution in [3.63, 3.8) is 0 Å². The van der Waals surface area contributed by atoms with E-state index in [0.29, 0.717) is 13.1 Å². The van der Waals surface area contributed by atoms with Gasteiger partial charge in [-0.2, -0.15) is 4.31 Å². The fourth-order valence-corrected chi connectivity index (χ4v) is 5.70. The van der Waals surface area contributed by atoms with E-state index >= 15 is 0 Å². The lowest BCUT2D eigenvalue weighted by molar-refractivity contribution is -0.386. The first-order valence-electron chi connectivity index (χ1n) is 8.83. The van der Waals surface area contributed by atoms with E-state index in [1.807, 2.05) is 24.3 Å². The summed E-state index contributed by atoms with van der Waals surface area (Å²) >= 11 is 1.58. The lowest BCUT2D eigenvalue weighted by atomic mass is 10.3. The second-order valence-electron chi connectivity index (χ2n) is 6.45. The smallest absolute Gasteiger partial charge is 0.312 e. The molecule has 1 aromatic heterocycles. The summed E-state index contributed by atoms with van der Waals surface area (Å²) in [6.45, 7) is 1.55. The molecule has 3 aromatic rings. The largest absolute Gasteiger partial charge is 0.490 e. The first-order valence-corrected chi connectivity index (χ1v) is 11.1. The minimum atomic E-state index is -3.84. The maximum Gasteiger partial charge on any atom is 0.312 e. The Morgan fingerprint density at radius 2 is 1.86 bits per heavy atom. The Hall–Kier alpha value is -2.76. The molecule has 0 atom stereocenters. The number of fused-ring (bicyclic) bond motifs is 1. The minimum Gasteiger partial charge on any atom is -0.490 e. The monoisotopic (exact) mass is 434 g/mol. The first kappa shape index (κ1) is 19.6. The fraction of sp³-hybridized carbons (Fsp3) is 0.278. The van der Waals surface area contributed by atoms with E-state index in [-0.39, 0.29) is 29.4 Å². The van der Waals surface area contributed by atoms with Crippen LogP contribution in [-0.4, -0.2) is 55.9 Å². The number of para-hydroxylation sites is 1. The number of nitro benzene ring substituents is 1. The van der Waals surface area contributed by atoms with Crippen molar-refractivity contribution < 1.29 is 18.1 Å². The predicted octanol–water partition coefficient (Wildman–Crippen LogP) is 2.72. The van der Waals surface area contributed by atoms with Crippen molar-refractivity contribution in [3.8, 4) is 5.75 Å². The Labute approximate surface area is 171 Å². The van der Waals surface area contributed by atoms with Crippen LogP contribution < -0.4 is 9.64 Å². The molecule has 1 fully saturated rings. The van der Waals surface area contributed by atoms with Gasteiger partial charge >= 0.3 is 5.69 Å². The number of aromatic nitrogens is 1. The van der Waals surface area contributed by atoms with E-state index in [4.69, 9.17) is 4.74 Å². The predicted molar refractivity (Wildman–Crippen MR) is 110 cm³/mol. The molecule has 0 bridgehead atoms. The van der Waals surface area contributed by atoms with Gasteiger partial charge in [0.1, 0.15) is 0 Å². The number of rotatable bonds is 5. The number of hydrogen-bond acceptors (Lipinski definition) is 8. The summed E-state index contributed by atoms with van der Waals surface area (Å²) in [7, 11) is -2.54. The van der Waals surface area contributed by atoms with Crippen LogP contribution in [0.3, 0.4) is 0 Å². The Kier molecular flexibility index (Phi) is 5.11. The van der Waals surface area contributed by atoms with Gasteiger partial charge in [0, 0.05) is 32.2 Å².